The van der Waals surface area contributed by atoms with E-state index in [1.807, 2.05) is 0 Å². The molecule has 0 saturated carbocycles. The van der Waals surface area contributed by atoms with Gasteiger partial charge in [0, 0.05) is 23.5 Å². The molecule has 0 aromatic heterocycles. The molecular weight excluding hydrogens is 304 g/mol. The van der Waals surface area contributed by atoms with Gasteiger partial charge in [0.05, 0.1) is 4.92 Å². The summed E-state index contributed by atoms with van der Waals surface area (Å²) in [5, 5.41) is 15.4. The number of nitrogens with two attached hydrogens (primary N) is 1. The van der Waals surface area contributed by atoms with E-state index >= 15 is 0 Å². The fourth-order valence-corrected chi connectivity index (χ4v) is 1.67. The van der Waals surface area contributed by atoms with E-state index in [1.54, 1.807) is 24.3 Å². The van der Waals surface area contributed by atoms with Gasteiger partial charge in [0.1, 0.15) is 5.75 Å². The fraction of sp³-hybridized carbons (Fsp3) is 0. The van der Waals surface area contributed by atoms with Gasteiger partial charge < -0.3 is 15.8 Å². The molecule has 0 saturated heterocycles. The first-order valence-electron chi connectivity index (χ1n) is 6.34. The molecule has 9 heteroatoms. The molecule has 118 valence electrons. The Labute approximate surface area is 130 Å². The molecule has 0 heterocycles. The molecule has 0 aliphatic carbocycles. The summed E-state index contributed by atoms with van der Waals surface area (Å²) >= 11 is 0. The van der Waals surface area contributed by atoms with E-state index in [1.165, 1.54) is 24.3 Å². The maximum absolute atomic E-state index is 11.7. The molecule has 2 aromatic rings. The lowest BCUT2D eigenvalue weighted by Gasteiger charge is -2.07. The van der Waals surface area contributed by atoms with Crippen molar-refractivity contribution in [1.82, 2.24) is 0 Å². The third kappa shape index (κ3) is 4.70. The molecule has 0 bridgehead atoms. The van der Waals surface area contributed by atoms with Gasteiger partial charge in [0.15, 0.2) is 0 Å². The quantitative estimate of drug-likeness (QED) is 0.588. The number of hydrogen-bond acceptors (Lipinski definition) is 5. The van der Waals surface area contributed by atoms with Crippen LogP contribution in [0.3, 0.4) is 0 Å². The van der Waals surface area contributed by atoms with E-state index < -0.39 is 17.0 Å². The van der Waals surface area contributed by atoms with Crippen molar-refractivity contribution in [1.29, 1.82) is 0 Å². The summed E-state index contributed by atoms with van der Waals surface area (Å²) in [4.78, 5) is 32.4. The van der Waals surface area contributed by atoms with Crippen LogP contribution in [0, 0.1) is 10.1 Å². The van der Waals surface area contributed by atoms with Gasteiger partial charge in [0.2, 0.25) is 0 Å². The van der Waals surface area contributed by atoms with Gasteiger partial charge in [-0.1, -0.05) is 0 Å². The van der Waals surface area contributed by atoms with Crippen LogP contribution in [-0.2, 0) is 0 Å². The first-order chi connectivity index (χ1) is 10.9. The summed E-state index contributed by atoms with van der Waals surface area (Å²) in [5.41, 5.74) is 5.79. The first-order valence-corrected chi connectivity index (χ1v) is 6.34. The van der Waals surface area contributed by atoms with E-state index in [9.17, 15) is 19.7 Å². The van der Waals surface area contributed by atoms with Crippen LogP contribution in [0.1, 0.15) is 0 Å². The van der Waals surface area contributed by atoms with Gasteiger partial charge in [-0.25, -0.2) is 9.59 Å². The lowest BCUT2D eigenvalue weighted by atomic mass is 10.3. The van der Waals surface area contributed by atoms with Crippen LogP contribution in [-0.4, -0.2) is 17.0 Å². The zero-order valence-corrected chi connectivity index (χ0v) is 11.7. The maximum atomic E-state index is 11.7. The highest BCUT2D eigenvalue weighted by Gasteiger charge is 2.08. The van der Waals surface area contributed by atoms with Crippen molar-refractivity contribution in [2.24, 2.45) is 5.73 Å². The number of carbonyl (C=O) groups excluding carboxylic acids is 2. The molecule has 2 aromatic carbocycles. The summed E-state index contributed by atoms with van der Waals surface area (Å²) in [5.74, 6) is 0.167. The number of nitro groups is 1. The largest absolute Gasteiger partial charge is 0.417 e. The number of carbonyl (C=O) groups is 2. The zero-order chi connectivity index (χ0) is 16.8. The summed E-state index contributed by atoms with van der Waals surface area (Å²) in [6, 6.07) is 10.6. The molecule has 9 nitrogen and oxygen atoms in total. The Kier molecular flexibility index (Phi) is 4.72. The highest BCUT2D eigenvalue weighted by Crippen LogP contribution is 2.18. The minimum atomic E-state index is -0.755. The van der Waals surface area contributed by atoms with Gasteiger partial charge in [0.25, 0.3) is 5.69 Å². The monoisotopic (exact) mass is 316 g/mol. The normalized spacial score (nSPS) is 9.74. The summed E-state index contributed by atoms with van der Waals surface area (Å²) in [6.07, 6.45) is -0.755. The highest BCUT2D eigenvalue weighted by atomic mass is 16.6. The Bertz CT molecular complexity index is 728. The Morgan fingerprint density at radius 3 is 1.96 bits per heavy atom. The van der Waals surface area contributed by atoms with Crippen LogP contribution in [0.25, 0.3) is 0 Å². The third-order valence-electron chi connectivity index (χ3n) is 2.66. The molecular formula is C14H12N4O5. The van der Waals surface area contributed by atoms with Crippen molar-refractivity contribution in [2.45, 2.75) is 0 Å². The molecule has 0 spiro atoms. The summed E-state index contributed by atoms with van der Waals surface area (Å²) in [7, 11) is 0. The van der Waals surface area contributed by atoms with Crippen LogP contribution in [0.5, 0.6) is 5.75 Å². The van der Waals surface area contributed by atoms with Gasteiger partial charge >= 0.3 is 12.1 Å². The van der Waals surface area contributed by atoms with Crippen LogP contribution >= 0.6 is 0 Å². The molecule has 0 fully saturated rings. The average molecular weight is 316 g/mol. The molecule has 0 unspecified atom stereocenters. The lowest BCUT2D eigenvalue weighted by Crippen LogP contribution is -2.19. The molecule has 3 amide bonds. The summed E-state index contributed by atoms with van der Waals surface area (Å²) < 4.78 is 4.99. The number of urea groups is 1. The minimum Gasteiger partial charge on any atom is -0.410 e. The fourth-order valence-electron chi connectivity index (χ4n) is 1.67. The number of amides is 3. The number of anilines is 2. The van der Waals surface area contributed by atoms with E-state index in [0.29, 0.717) is 11.4 Å². The van der Waals surface area contributed by atoms with Crippen molar-refractivity contribution in [2.75, 3.05) is 10.6 Å². The number of benzene rings is 2. The second-order valence-corrected chi connectivity index (χ2v) is 4.33. The topological polar surface area (TPSA) is 137 Å². The Morgan fingerprint density at radius 1 is 0.957 bits per heavy atom. The van der Waals surface area contributed by atoms with Crippen LogP contribution in [0.2, 0.25) is 0 Å². The van der Waals surface area contributed by atoms with E-state index in [-0.39, 0.29) is 11.4 Å². The van der Waals surface area contributed by atoms with Gasteiger partial charge in [-0.05, 0) is 36.4 Å². The van der Waals surface area contributed by atoms with Crippen molar-refractivity contribution < 1.29 is 19.2 Å². The van der Waals surface area contributed by atoms with E-state index in [0.717, 1.165) is 0 Å². The molecule has 2 rings (SSSR count). The van der Waals surface area contributed by atoms with E-state index in [4.69, 9.17) is 10.5 Å². The molecule has 0 aliphatic rings. The van der Waals surface area contributed by atoms with Gasteiger partial charge in [-0.3, -0.25) is 15.4 Å². The average Bonchev–Trinajstić information content (AvgIpc) is 2.49. The maximum Gasteiger partial charge on any atom is 0.417 e. The number of nitrogens with zero attached hydrogens (tertiary/aromatic N) is 1. The Balaban J connectivity index is 1.93. The number of nitrogens with one attached hydrogen (secondary N) is 2. The molecule has 0 aliphatic heterocycles. The number of nitro benzene ring substituents is 1. The first kappa shape index (κ1) is 15.8. The smallest absolute Gasteiger partial charge is 0.410 e. The number of rotatable bonds is 4. The van der Waals surface area contributed by atoms with E-state index in [2.05, 4.69) is 10.6 Å². The Morgan fingerprint density at radius 2 is 1.48 bits per heavy atom. The van der Waals surface area contributed by atoms with Crippen molar-refractivity contribution in [3.63, 3.8) is 0 Å². The Hall–Kier alpha value is -3.62. The number of hydrogen-bond donors (Lipinski definition) is 3. The van der Waals surface area contributed by atoms with Crippen molar-refractivity contribution >= 4 is 29.2 Å². The predicted octanol–water partition coefficient (Wildman–Crippen LogP) is 2.70. The van der Waals surface area contributed by atoms with Crippen LogP contribution in [0.4, 0.5) is 26.7 Å². The van der Waals surface area contributed by atoms with Gasteiger partial charge in [-0.15, -0.1) is 0 Å². The second kappa shape index (κ2) is 6.89. The SMILES string of the molecule is NC(=O)Nc1ccc(NC(=O)Oc2ccc([N+](=O)[O-])cc2)cc1. The standard InChI is InChI=1S/C14H12N4O5/c15-13(19)16-9-1-3-10(4-2-9)17-14(20)23-12-7-5-11(6-8-12)18(21)22/h1-8H,(H,17,20)(H3,15,16,19). The third-order valence-corrected chi connectivity index (χ3v) is 2.66. The van der Waals surface area contributed by atoms with Gasteiger partial charge in [-0.2, -0.15) is 0 Å². The molecule has 4 N–H and O–H groups in total. The van der Waals surface area contributed by atoms with Crippen molar-refractivity contribution in [3.05, 3.63) is 58.6 Å². The number of ether oxygens (including phenoxy) is 1. The second-order valence-electron chi connectivity index (χ2n) is 4.33. The predicted molar refractivity (Wildman–Crippen MR) is 82.4 cm³/mol. The number of non-ortho nitro benzene ring substituents is 1. The zero-order valence-electron chi connectivity index (χ0n) is 11.7. The molecule has 0 atom stereocenters. The lowest BCUT2D eigenvalue weighted by molar-refractivity contribution is -0.384. The van der Waals surface area contributed by atoms with Crippen LogP contribution < -0.4 is 21.1 Å². The van der Waals surface area contributed by atoms with Crippen LogP contribution in [0.15, 0.2) is 48.5 Å². The van der Waals surface area contributed by atoms with Crippen molar-refractivity contribution in [3.8, 4) is 5.75 Å². The molecule has 23 heavy (non-hydrogen) atoms. The highest BCUT2D eigenvalue weighted by molar-refractivity contribution is 5.89. The summed E-state index contributed by atoms with van der Waals surface area (Å²) in [6.45, 7) is 0. The number of primary amides is 1. The molecule has 0 radical (unpaired) electrons. The minimum absolute atomic E-state index is 0.102.